The molecule has 1 fully saturated rings. The summed E-state index contributed by atoms with van der Waals surface area (Å²) in [5, 5.41) is 1.76. The Morgan fingerprint density at radius 2 is 1.86 bits per heavy atom. The van der Waals surface area contributed by atoms with Gasteiger partial charge in [-0.15, -0.1) is 0 Å². The quantitative estimate of drug-likeness (QED) is 0.694. The van der Waals surface area contributed by atoms with Crippen molar-refractivity contribution in [1.82, 2.24) is 10.2 Å². The average molecular weight is 420 g/mol. The van der Waals surface area contributed by atoms with E-state index in [9.17, 15) is 31.2 Å². The normalized spacial score (nSPS) is 17.5. The highest BCUT2D eigenvalue weighted by molar-refractivity contribution is 7.92. The maximum absolute atomic E-state index is 12.4. The molecule has 2 amide bonds. The average Bonchev–Trinajstić information content (AvgIpc) is 3.09. The van der Waals surface area contributed by atoms with E-state index in [1.54, 1.807) is 5.32 Å². The van der Waals surface area contributed by atoms with Crippen LogP contribution in [-0.4, -0.2) is 61.9 Å². The van der Waals surface area contributed by atoms with Gasteiger partial charge in [0.05, 0.1) is 5.75 Å². The Hall–Kier alpha value is -2.10. The van der Waals surface area contributed by atoms with Crippen LogP contribution in [0, 0.1) is 0 Å². The van der Waals surface area contributed by atoms with Crippen LogP contribution in [0.4, 0.5) is 13.2 Å². The van der Waals surface area contributed by atoms with E-state index in [2.05, 4.69) is 0 Å². The molecule has 1 aromatic carbocycles. The number of carbonyl (C=O) groups excluding carboxylic acids is 2. The highest BCUT2D eigenvalue weighted by Crippen LogP contribution is 2.19. The van der Waals surface area contributed by atoms with Gasteiger partial charge in [0.15, 0.2) is 9.84 Å². The van der Waals surface area contributed by atoms with E-state index in [4.69, 9.17) is 0 Å². The lowest BCUT2D eigenvalue weighted by atomic mass is 10.1. The number of carbonyl (C=O) groups is 2. The molecule has 0 radical (unpaired) electrons. The molecule has 2 rings (SSSR count). The van der Waals surface area contributed by atoms with Crippen molar-refractivity contribution < 1.29 is 31.2 Å². The molecule has 0 aromatic heterocycles. The van der Waals surface area contributed by atoms with Crippen LogP contribution in [-0.2, 0) is 25.8 Å². The molecule has 0 bridgehead atoms. The molecule has 28 heavy (non-hydrogen) atoms. The van der Waals surface area contributed by atoms with E-state index in [-0.39, 0.29) is 18.7 Å². The maximum atomic E-state index is 12.4. The summed E-state index contributed by atoms with van der Waals surface area (Å²) in [6.07, 6.45) is -2.99. The van der Waals surface area contributed by atoms with Gasteiger partial charge in [0.25, 0.3) is 0 Å². The van der Waals surface area contributed by atoms with Crippen molar-refractivity contribution in [3.05, 3.63) is 35.9 Å². The molecular formula is C18H23F3N2O4S. The zero-order valence-corrected chi connectivity index (χ0v) is 16.1. The molecule has 1 atom stereocenters. The predicted octanol–water partition coefficient (Wildman–Crippen LogP) is 1.70. The van der Waals surface area contributed by atoms with Gasteiger partial charge in [-0.25, -0.2) is 8.42 Å². The molecule has 156 valence electrons. The molecule has 1 aromatic rings. The maximum Gasteiger partial charge on any atom is 0.405 e. The van der Waals surface area contributed by atoms with E-state index in [1.807, 2.05) is 30.3 Å². The number of nitrogens with zero attached hydrogens (tertiary/aromatic N) is 1. The minimum atomic E-state index is -4.55. The van der Waals surface area contributed by atoms with Gasteiger partial charge in [-0.05, 0) is 31.2 Å². The van der Waals surface area contributed by atoms with E-state index in [0.717, 1.165) is 10.5 Å². The number of sulfone groups is 1. The number of nitrogens with one attached hydrogen (secondary N) is 1. The van der Waals surface area contributed by atoms with Crippen LogP contribution in [0.25, 0.3) is 0 Å². The molecule has 10 heteroatoms. The second-order valence-electron chi connectivity index (χ2n) is 6.76. The van der Waals surface area contributed by atoms with Crippen molar-refractivity contribution in [3.63, 3.8) is 0 Å². The zero-order valence-electron chi connectivity index (χ0n) is 15.2. The Bertz CT molecular complexity index is 782. The first-order valence-corrected chi connectivity index (χ1v) is 10.8. The van der Waals surface area contributed by atoms with Gasteiger partial charge >= 0.3 is 6.18 Å². The third-order valence-electron chi connectivity index (χ3n) is 4.45. The second kappa shape index (κ2) is 9.40. The topological polar surface area (TPSA) is 83.6 Å². The predicted molar refractivity (Wildman–Crippen MR) is 97.2 cm³/mol. The fraction of sp³-hybridized carbons (Fsp3) is 0.556. The first-order chi connectivity index (χ1) is 13.1. The van der Waals surface area contributed by atoms with E-state index in [1.165, 1.54) is 0 Å². The largest absolute Gasteiger partial charge is 0.405 e. The van der Waals surface area contributed by atoms with Crippen molar-refractivity contribution in [2.45, 2.75) is 37.9 Å². The number of likely N-dealkylation sites (tertiary alicyclic amines) is 1. The summed E-state index contributed by atoms with van der Waals surface area (Å²) in [4.78, 5) is 25.4. The smallest absolute Gasteiger partial charge is 0.345 e. The number of rotatable bonds is 8. The Labute approximate surface area is 162 Å². The van der Waals surface area contributed by atoms with Gasteiger partial charge in [0, 0.05) is 6.54 Å². The molecule has 1 aliphatic rings. The minimum Gasteiger partial charge on any atom is -0.345 e. The summed E-state index contributed by atoms with van der Waals surface area (Å²) in [5.74, 6) is -2.58. The number of hydrogen-bond acceptors (Lipinski definition) is 4. The van der Waals surface area contributed by atoms with Crippen molar-refractivity contribution in [3.8, 4) is 0 Å². The highest BCUT2D eigenvalue weighted by Gasteiger charge is 2.37. The van der Waals surface area contributed by atoms with Crippen LogP contribution < -0.4 is 5.32 Å². The third kappa shape index (κ3) is 7.14. The lowest BCUT2D eigenvalue weighted by molar-refractivity contribution is -0.144. The zero-order chi connectivity index (χ0) is 20.8. The first kappa shape index (κ1) is 22.2. The van der Waals surface area contributed by atoms with Crippen LogP contribution in [0.5, 0.6) is 0 Å². The highest BCUT2D eigenvalue weighted by atomic mass is 32.2. The summed E-state index contributed by atoms with van der Waals surface area (Å²) < 4.78 is 61.2. The molecule has 1 unspecified atom stereocenters. The lowest BCUT2D eigenvalue weighted by Gasteiger charge is -2.24. The molecule has 6 nitrogen and oxygen atoms in total. The summed E-state index contributed by atoms with van der Waals surface area (Å²) in [6, 6.07) is 8.26. The van der Waals surface area contributed by atoms with Crippen LogP contribution in [0.15, 0.2) is 30.3 Å². The standard InChI is InChI=1S/C18H23F3N2O4S/c19-18(20,21)13-22-17(25)15-9-4-10-23(15)16(24)12-28(26,27)11-5-8-14-6-2-1-3-7-14/h1-3,6-7,15H,4-5,8-13H2,(H,22,25). The summed E-state index contributed by atoms with van der Waals surface area (Å²) in [7, 11) is -3.68. The van der Waals surface area contributed by atoms with Gasteiger partial charge in [-0.2, -0.15) is 13.2 Å². The van der Waals surface area contributed by atoms with Crippen molar-refractivity contribution >= 4 is 21.7 Å². The van der Waals surface area contributed by atoms with E-state index < -0.39 is 46.2 Å². The van der Waals surface area contributed by atoms with Crippen molar-refractivity contribution in [2.75, 3.05) is 24.6 Å². The van der Waals surface area contributed by atoms with Crippen LogP contribution in [0.1, 0.15) is 24.8 Å². The molecule has 1 heterocycles. The van der Waals surface area contributed by atoms with Crippen LogP contribution in [0.3, 0.4) is 0 Å². The second-order valence-corrected chi connectivity index (χ2v) is 8.94. The van der Waals surface area contributed by atoms with Gasteiger partial charge in [-0.3, -0.25) is 9.59 Å². The third-order valence-corrected chi connectivity index (χ3v) is 6.04. The Balaban J connectivity index is 1.86. The van der Waals surface area contributed by atoms with E-state index >= 15 is 0 Å². The fourth-order valence-electron chi connectivity index (χ4n) is 3.13. The monoisotopic (exact) mass is 420 g/mol. The summed E-state index contributed by atoms with van der Waals surface area (Å²) in [5.41, 5.74) is 0.991. The summed E-state index contributed by atoms with van der Waals surface area (Å²) >= 11 is 0. The number of benzene rings is 1. The minimum absolute atomic E-state index is 0.155. The Morgan fingerprint density at radius 3 is 2.50 bits per heavy atom. The molecule has 1 saturated heterocycles. The van der Waals surface area contributed by atoms with Crippen LogP contribution >= 0.6 is 0 Å². The number of amides is 2. The number of hydrogen-bond donors (Lipinski definition) is 1. The molecular weight excluding hydrogens is 397 g/mol. The Morgan fingerprint density at radius 1 is 1.18 bits per heavy atom. The van der Waals surface area contributed by atoms with Crippen molar-refractivity contribution in [1.29, 1.82) is 0 Å². The molecule has 1 aliphatic heterocycles. The van der Waals surface area contributed by atoms with Gasteiger partial charge in [0.2, 0.25) is 11.8 Å². The van der Waals surface area contributed by atoms with Crippen molar-refractivity contribution in [2.24, 2.45) is 0 Å². The number of halogens is 3. The Kier molecular flexibility index (Phi) is 7.45. The lowest BCUT2D eigenvalue weighted by Crippen LogP contribution is -2.49. The van der Waals surface area contributed by atoms with Gasteiger partial charge < -0.3 is 10.2 Å². The number of aryl methyl sites for hydroxylation is 1. The van der Waals surface area contributed by atoms with Crippen LogP contribution in [0.2, 0.25) is 0 Å². The SMILES string of the molecule is O=C(NCC(F)(F)F)C1CCCN1C(=O)CS(=O)(=O)CCCc1ccccc1. The van der Waals surface area contributed by atoms with Gasteiger partial charge in [-0.1, -0.05) is 30.3 Å². The molecule has 0 saturated carbocycles. The van der Waals surface area contributed by atoms with E-state index in [0.29, 0.717) is 19.3 Å². The fourth-order valence-corrected chi connectivity index (χ4v) is 4.40. The molecule has 1 N–H and O–H groups in total. The molecule has 0 aliphatic carbocycles. The first-order valence-electron chi connectivity index (χ1n) is 8.96. The summed E-state index contributed by atoms with van der Waals surface area (Å²) in [6.45, 7) is -1.33. The number of alkyl halides is 3. The van der Waals surface area contributed by atoms with Gasteiger partial charge in [0.1, 0.15) is 18.3 Å². The molecule has 0 spiro atoms.